The van der Waals surface area contributed by atoms with Gasteiger partial charge in [-0.2, -0.15) is 0 Å². The average Bonchev–Trinajstić information content (AvgIpc) is 2.37. The maximum Gasteiger partial charge on any atom is 0.169 e. The number of hydrogen-bond acceptors (Lipinski definition) is 4. The molecule has 0 saturated heterocycles. The van der Waals surface area contributed by atoms with Crippen molar-refractivity contribution in [3.05, 3.63) is 0 Å². The summed E-state index contributed by atoms with van der Waals surface area (Å²) in [4.78, 5) is 0. The van der Waals surface area contributed by atoms with Gasteiger partial charge in [0.05, 0.1) is 6.10 Å². The molecule has 1 saturated carbocycles. The van der Waals surface area contributed by atoms with Gasteiger partial charge >= 0.3 is 0 Å². The predicted molar refractivity (Wildman–Crippen MR) is 68.1 cm³/mol. The maximum absolute atomic E-state index is 5.52. The molecule has 0 bridgehead atoms. The van der Waals surface area contributed by atoms with Crippen LogP contribution < -0.4 is 5.32 Å². The minimum atomic E-state index is -0.135. The molecule has 17 heavy (non-hydrogen) atoms. The second-order valence-electron chi connectivity index (χ2n) is 4.41. The normalized spacial score (nSPS) is 25.4. The van der Waals surface area contributed by atoms with E-state index in [1.165, 1.54) is 19.3 Å². The summed E-state index contributed by atoms with van der Waals surface area (Å²) in [6.45, 7) is 6.09. The molecule has 0 amide bonds. The highest BCUT2D eigenvalue weighted by atomic mass is 16.7. The Kier molecular flexibility index (Phi) is 7.77. The lowest BCUT2D eigenvalue weighted by Crippen LogP contribution is -2.46. The summed E-state index contributed by atoms with van der Waals surface area (Å²) in [5.74, 6) is 0. The molecule has 0 aromatic heterocycles. The minimum absolute atomic E-state index is 0.135. The Morgan fingerprint density at radius 3 is 2.35 bits per heavy atom. The highest BCUT2D eigenvalue weighted by Gasteiger charge is 2.25. The predicted octanol–water partition coefficient (Wildman–Crippen LogP) is 1.93. The van der Waals surface area contributed by atoms with E-state index in [0.29, 0.717) is 25.4 Å². The molecule has 0 aliphatic heterocycles. The van der Waals surface area contributed by atoms with Gasteiger partial charge in [0.1, 0.15) is 0 Å². The van der Waals surface area contributed by atoms with E-state index in [1.54, 1.807) is 7.11 Å². The Bertz CT molecular complexity index is 184. The topological polar surface area (TPSA) is 39.7 Å². The fourth-order valence-corrected chi connectivity index (χ4v) is 2.40. The van der Waals surface area contributed by atoms with Gasteiger partial charge in [0.2, 0.25) is 0 Å². The van der Waals surface area contributed by atoms with Crippen LogP contribution in [-0.4, -0.2) is 45.3 Å². The molecular formula is C13H27NO3. The number of methoxy groups -OCH3 is 1. The van der Waals surface area contributed by atoms with E-state index >= 15 is 0 Å². The Balaban J connectivity index is 2.30. The number of nitrogens with one attached hydrogen (secondary N) is 1. The van der Waals surface area contributed by atoms with E-state index in [4.69, 9.17) is 14.2 Å². The standard InChI is InChI=1S/C13H27NO3/c1-4-16-13(17-5-2)10-14-11-8-6-7-9-12(11)15-3/h11-14H,4-10H2,1-3H3. The monoisotopic (exact) mass is 245 g/mol. The quantitative estimate of drug-likeness (QED) is 0.663. The van der Waals surface area contributed by atoms with Crippen LogP contribution in [0.1, 0.15) is 39.5 Å². The lowest BCUT2D eigenvalue weighted by atomic mass is 9.92. The zero-order valence-corrected chi connectivity index (χ0v) is 11.4. The van der Waals surface area contributed by atoms with Crippen molar-refractivity contribution in [1.29, 1.82) is 0 Å². The van der Waals surface area contributed by atoms with Crippen LogP contribution in [0.2, 0.25) is 0 Å². The van der Waals surface area contributed by atoms with Crippen LogP contribution in [0.4, 0.5) is 0 Å². The third-order valence-electron chi connectivity index (χ3n) is 3.26. The summed E-state index contributed by atoms with van der Waals surface area (Å²) < 4.78 is 16.5. The van der Waals surface area contributed by atoms with Crippen LogP contribution >= 0.6 is 0 Å². The number of hydrogen-bond donors (Lipinski definition) is 1. The lowest BCUT2D eigenvalue weighted by molar-refractivity contribution is -0.135. The Hall–Kier alpha value is -0.160. The molecule has 0 radical (unpaired) electrons. The summed E-state index contributed by atoms with van der Waals surface area (Å²) in [5, 5.41) is 3.52. The van der Waals surface area contributed by atoms with Crippen LogP contribution in [0.25, 0.3) is 0 Å². The van der Waals surface area contributed by atoms with Gasteiger partial charge in [0.25, 0.3) is 0 Å². The second kappa shape index (κ2) is 8.86. The van der Waals surface area contributed by atoms with Gasteiger partial charge in [-0.25, -0.2) is 0 Å². The Morgan fingerprint density at radius 2 is 1.76 bits per heavy atom. The lowest BCUT2D eigenvalue weighted by Gasteiger charge is -2.32. The molecule has 4 nitrogen and oxygen atoms in total. The maximum atomic E-state index is 5.52. The van der Waals surface area contributed by atoms with E-state index in [1.807, 2.05) is 13.8 Å². The van der Waals surface area contributed by atoms with Crippen molar-refractivity contribution < 1.29 is 14.2 Å². The Labute approximate surface area is 105 Å². The van der Waals surface area contributed by atoms with E-state index in [9.17, 15) is 0 Å². The smallest absolute Gasteiger partial charge is 0.169 e. The van der Waals surface area contributed by atoms with E-state index in [-0.39, 0.29) is 6.29 Å². The third-order valence-corrected chi connectivity index (χ3v) is 3.26. The van der Waals surface area contributed by atoms with E-state index in [0.717, 1.165) is 13.0 Å². The van der Waals surface area contributed by atoms with Crippen LogP contribution in [0.3, 0.4) is 0 Å². The van der Waals surface area contributed by atoms with E-state index < -0.39 is 0 Å². The highest BCUT2D eigenvalue weighted by molar-refractivity contribution is 4.81. The van der Waals surface area contributed by atoms with Crippen molar-refractivity contribution >= 4 is 0 Å². The molecule has 1 N–H and O–H groups in total. The second-order valence-corrected chi connectivity index (χ2v) is 4.41. The molecule has 0 heterocycles. The fraction of sp³-hybridized carbons (Fsp3) is 1.00. The molecule has 1 rings (SSSR count). The highest BCUT2D eigenvalue weighted by Crippen LogP contribution is 2.20. The molecule has 1 aliphatic carbocycles. The molecule has 2 unspecified atom stereocenters. The van der Waals surface area contributed by atoms with Gasteiger partial charge in [-0.05, 0) is 26.7 Å². The summed E-state index contributed by atoms with van der Waals surface area (Å²) in [6.07, 6.45) is 5.10. The van der Waals surface area contributed by atoms with Crippen molar-refractivity contribution in [2.75, 3.05) is 26.9 Å². The Morgan fingerprint density at radius 1 is 1.12 bits per heavy atom. The first kappa shape index (κ1) is 14.9. The van der Waals surface area contributed by atoms with Gasteiger partial charge in [-0.15, -0.1) is 0 Å². The summed E-state index contributed by atoms with van der Waals surface area (Å²) in [5.41, 5.74) is 0. The molecule has 0 spiro atoms. The van der Waals surface area contributed by atoms with Crippen LogP contribution in [0, 0.1) is 0 Å². The minimum Gasteiger partial charge on any atom is -0.380 e. The van der Waals surface area contributed by atoms with E-state index in [2.05, 4.69) is 5.32 Å². The van der Waals surface area contributed by atoms with Gasteiger partial charge < -0.3 is 19.5 Å². The van der Waals surface area contributed by atoms with Gasteiger partial charge in [-0.1, -0.05) is 12.8 Å². The zero-order valence-electron chi connectivity index (χ0n) is 11.4. The molecule has 1 aliphatic rings. The number of ether oxygens (including phenoxy) is 3. The van der Waals surface area contributed by atoms with Crippen molar-refractivity contribution in [3.63, 3.8) is 0 Å². The summed E-state index contributed by atoms with van der Waals surface area (Å²) in [6, 6.07) is 0.442. The van der Waals surface area contributed by atoms with Crippen molar-refractivity contribution in [1.82, 2.24) is 5.32 Å². The zero-order chi connectivity index (χ0) is 12.5. The molecule has 1 fully saturated rings. The molecule has 2 atom stereocenters. The van der Waals surface area contributed by atoms with Gasteiger partial charge in [0.15, 0.2) is 6.29 Å². The van der Waals surface area contributed by atoms with Gasteiger partial charge in [-0.3, -0.25) is 0 Å². The van der Waals surface area contributed by atoms with Crippen molar-refractivity contribution in [3.8, 4) is 0 Å². The largest absolute Gasteiger partial charge is 0.380 e. The molecular weight excluding hydrogens is 218 g/mol. The van der Waals surface area contributed by atoms with Crippen LogP contribution in [0.15, 0.2) is 0 Å². The summed E-state index contributed by atoms with van der Waals surface area (Å²) in [7, 11) is 1.80. The fourth-order valence-electron chi connectivity index (χ4n) is 2.40. The van der Waals surface area contributed by atoms with Crippen molar-refractivity contribution in [2.24, 2.45) is 0 Å². The molecule has 0 aromatic rings. The van der Waals surface area contributed by atoms with Gasteiger partial charge in [0, 0.05) is 32.9 Å². The van der Waals surface area contributed by atoms with Crippen LogP contribution in [-0.2, 0) is 14.2 Å². The SMILES string of the molecule is CCOC(CNC1CCCCC1OC)OCC. The molecule has 102 valence electrons. The molecule has 4 heteroatoms. The first-order valence-electron chi connectivity index (χ1n) is 6.81. The van der Waals surface area contributed by atoms with Crippen LogP contribution in [0.5, 0.6) is 0 Å². The third kappa shape index (κ3) is 5.34. The number of rotatable bonds is 8. The average molecular weight is 245 g/mol. The van der Waals surface area contributed by atoms with Crippen molar-refractivity contribution in [2.45, 2.75) is 58.0 Å². The molecule has 0 aromatic carbocycles. The first-order chi connectivity index (χ1) is 8.31. The summed E-state index contributed by atoms with van der Waals surface area (Å²) >= 11 is 0. The first-order valence-corrected chi connectivity index (χ1v) is 6.81.